The summed E-state index contributed by atoms with van der Waals surface area (Å²) in [5.41, 5.74) is 2.16. The largest absolute Gasteiger partial charge is 0.298 e. The van der Waals surface area contributed by atoms with Crippen molar-refractivity contribution in [2.45, 2.75) is 0 Å². The molecular weight excluding hydrogens is 337 g/mol. The Morgan fingerprint density at radius 1 is 1.19 bits per heavy atom. The van der Waals surface area contributed by atoms with Crippen LogP contribution in [0.3, 0.4) is 0 Å². The molecule has 0 N–H and O–H groups in total. The number of pyridine rings is 1. The second-order valence-electron chi connectivity index (χ2n) is 4.33. The first kappa shape index (κ1) is 13.6. The Bertz CT molecular complexity index is 802. The SMILES string of the molecule is O=Cc1cn(-c2ccncc2)nc1-c1ccc(Br)c(F)c1. The lowest BCUT2D eigenvalue weighted by atomic mass is 10.1. The van der Waals surface area contributed by atoms with Crippen LogP contribution in [0.25, 0.3) is 16.9 Å². The number of hydrogen-bond acceptors (Lipinski definition) is 3. The maximum Gasteiger partial charge on any atom is 0.153 e. The standard InChI is InChI=1S/C15H9BrFN3O/c16-13-2-1-10(7-14(13)17)15-11(9-21)8-20(19-15)12-3-5-18-6-4-12/h1-9H. The molecule has 0 aliphatic heterocycles. The predicted molar refractivity (Wildman–Crippen MR) is 79.8 cm³/mol. The molecule has 0 unspecified atom stereocenters. The van der Waals surface area contributed by atoms with Crippen molar-refractivity contribution in [3.63, 3.8) is 0 Å². The van der Waals surface area contributed by atoms with Gasteiger partial charge in [-0.3, -0.25) is 9.78 Å². The Morgan fingerprint density at radius 2 is 1.95 bits per heavy atom. The van der Waals surface area contributed by atoms with Gasteiger partial charge in [0.05, 0.1) is 15.7 Å². The Labute approximate surface area is 128 Å². The summed E-state index contributed by atoms with van der Waals surface area (Å²) in [5, 5.41) is 4.37. The monoisotopic (exact) mass is 345 g/mol. The number of hydrogen-bond donors (Lipinski definition) is 0. The summed E-state index contributed by atoms with van der Waals surface area (Å²) in [6, 6.07) is 8.18. The molecule has 3 aromatic rings. The van der Waals surface area contributed by atoms with E-state index in [0.717, 1.165) is 5.69 Å². The molecule has 0 aliphatic carbocycles. The van der Waals surface area contributed by atoms with Crippen molar-refractivity contribution in [2.24, 2.45) is 0 Å². The fraction of sp³-hybridized carbons (Fsp3) is 0. The predicted octanol–water partition coefficient (Wildman–Crippen LogP) is 3.65. The molecule has 0 fully saturated rings. The molecule has 0 saturated carbocycles. The number of rotatable bonds is 3. The molecule has 0 spiro atoms. The molecular formula is C15H9BrFN3O. The van der Waals surface area contributed by atoms with E-state index in [1.54, 1.807) is 47.5 Å². The Morgan fingerprint density at radius 3 is 2.62 bits per heavy atom. The summed E-state index contributed by atoms with van der Waals surface area (Å²) in [4.78, 5) is 15.2. The van der Waals surface area contributed by atoms with E-state index in [-0.39, 0.29) is 0 Å². The third-order valence-corrected chi connectivity index (χ3v) is 3.63. The van der Waals surface area contributed by atoms with Crippen LogP contribution in [0.4, 0.5) is 4.39 Å². The molecule has 1 aromatic carbocycles. The van der Waals surface area contributed by atoms with E-state index in [2.05, 4.69) is 26.0 Å². The fourth-order valence-electron chi connectivity index (χ4n) is 1.97. The van der Waals surface area contributed by atoms with Crippen LogP contribution >= 0.6 is 15.9 Å². The summed E-state index contributed by atoms with van der Waals surface area (Å²) in [6.45, 7) is 0. The Hall–Kier alpha value is -2.34. The number of aromatic nitrogens is 3. The lowest BCUT2D eigenvalue weighted by molar-refractivity contribution is 0.112. The highest BCUT2D eigenvalue weighted by Gasteiger charge is 2.13. The van der Waals surface area contributed by atoms with Gasteiger partial charge in [0.25, 0.3) is 0 Å². The molecule has 2 heterocycles. The van der Waals surface area contributed by atoms with Gasteiger partial charge >= 0.3 is 0 Å². The van der Waals surface area contributed by atoms with Crippen molar-refractivity contribution in [3.05, 3.63) is 64.8 Å². The van der Waals surface area contributed by atoms with Gasteiger partial charge in [-0.25, -0.2) is 9.07 Å². The molecule has 0 saturated heterocycles. The number of benzene rings is 1. The molecule has 21 heavy (non-hydrogen) atoms. The van der Waals surface area contributed by atoms with Gasteiger partial charge in [0, 0.05) is 24.2 Å². The van der Waals surface area contributed by atoms with E-state index in [1.165, 1.54) is 6.07 Å². The molecule has 0 aliphatic rings. The summed E-state index contributed by atoms with van der Waals surface area (Å²) in [6.07, 6.45) is 5.59. The average molecular weight is 346 g/mol. The molecule has 0 atom stereocenters. The van der Waals surface area contributed by atoms with Crippen LogP contribution in [-0.2, 0) is 0 Å². The molecule has 4 nitrogen and oxygen atoms in total. The van der Waals surface area contributed by atoms with Crippen LogP contribution in [0.5, 0.6) is 0 Å². The molecule has 0 amide bonds. The quantitative estimate of drug-likeness (QED) is 0.680. The highest BCUT2D eigenvalue weighted by molar-refractivity contribution is 9.10. The highest BCUT2D eigenvalue weighted by Crippen LogP contribution is 2.26. The van der Waals surface area contributed by atoms with Crippen LogP contribution in [0.1, 0.15) is 10.4 Å². The van der Waals surface area contributed by atoms with Gasteiger partial charge in [0.2, 0.25) is 0 Å². The van der Waals surface area contributed by atoms with Crippen LogP contribution in [0.2, 0.25) is 0 Å². The lowest BCUT2D eigenvalue weighted by Crippen LogP contribution is -1.94. The van der Waals surface area contributed by atoms with Crippen LogP contribution < -0.4 is 0 Å². The van der Waals surface area contributed by atoms with E-state index in [0.29, 0.717) is 27.6 Å². The van der Waals surface area contributed by atoms with Crippen molar-refractivity contribution < 1.29 is 9.18 Å². The first-order valence-corrected chi connectivity index (χ1v) is 6.89. The summed E-state index contributed by atoms with van der Waals surface area (Å²) in [7, 11) is 0. The van der Waals surface area contributed by atoms with E-state index >= 15 is 0 Å². The van der Waals surface area contributed by atoms with Crippen molar-refractivity contribution in [1.29, 1.82) is 0 Å². The maximum atomic E-state index is 13.7. The number of halogens is 2. The van der Waals surface area contributed by atoms with Crippen molar-refractivity contribution in [3.8, 4) is 16.9 Å². The van der Waals surface area contributed by atoms with Crippen LogP contribution in [-0.4, -0.2) is 21.1 Å². The first-order valence-electron chi connectivity index (χ1n) is 6.09. The van der Waals surface area contributed by atoms with E-state index in [1.807, 2.05) is 0 Å². The number of carbonyl (C=O) groups excluding carboxylic acids is 1. The molecule has 2 aromatic heterocycles. The Kier molecular flexibility index (Phi) is 3.62. The van der Waals surface area contributed by atoms with Gasteiger partial charge in [-0.15, -0.1) is 0 Å². The molecule has 3 rings (SSSR count). The highest BCUT2D eigenvalue weighted by atomic mass is 79.9. The fourth-order valence-corrected chi connectivity index (χ4v) is 2.22. The topological polar surface area (TPSA) is 47.8 Å². The van der Waals surface area contributed by atoms with Crippen LogP contribution in [0.15, 0.2) is 53.4 Å². The zero-order valence-electron chi connectivity index (χ0n) is 10.7. The summed E-state index contributed by atoms with van der Waals surface area (Å²) >= 11 is 3.10. The van der Waals surface area contributed by atoms with Gasteiger partial charge in [0.1, 0.15) is 11.5 Å². The Balaban J connectivity index is 2.12. The first-order chi connectivity index (χ1) is 10.2. The van der Waals surface area contributed by atoms with Gasteiger partial charge in [-0.05, 0) is 40.2 Å². The third kappa shape index (κ3) is 2.62. The molecule has 104 valence electrons. The van der Waals surface area contributed by atoms with Gasteiger partial charge < -0.3 is 0 Å². The zero-order valence-corrected chi connectivity index (χ0v) is 12.3. The molecule has 6 heteroatoms. The summed E-state index contributed by atoms with van der Waals surface area (Å²) < 4.78 is 15.6. The summed E-state index contributed by atoms with van der Waals surface area (Å²) in [5.74, 6) is -0.400. The minimum absolute atomic E-state index is 0.368. The minimum Gasteiger partial charge on any atom is -0.298 e. The van der Waals surface area contributed by atoms with E-state index in [4.69, 9.17) is 0 Å². The number of carbonyl (C=O) groups is 1. The zero-order chi connectivity index (χ0) is 14.8. The second kappa shape index (κ2) is 5.57. The minimum atomic E-state index is -0.400. The van der Waals surface area contributed by atoms with E-state index in [9.17, 15) is 9.18 Å². The maximum absolute atomic E-state index is 13.7. The molecule has 0 radical (unpaired) electrons. The van der Waals surface area contributed by atoms with Gasteiger partial charge in [-0.2, -0.15) is 5.10 Å². The smallest absolute Gasteiger partial charge is 0.153 e. The van der Waals surface area contributed by atoms with Gasteiger partial charge in [-0.1, -0.05) is 6.07 Å². The number of nitrogens with zero attached hydrogens (tertiary/aromatic N) is 3. The second-order valence-corrected chi connectivity index (χ2v) is 5.18. The van der Waals surface area contributed by atoms with Crippen molar-refractivity contribution >= 4 is 22.2 Å². The molecule has 0 bridgehead atoms. The third-order valence-electron chi connectivity index (χ3n) is 2.99. The van der Waals surface area contributed by atoms with E-state index < -0.39 is 5.82 Å². The average Bonchev–Trinajstić information content (AvgIpc) is 2.95. The number of aldehydes is 1. The lowest BCUT2D eigenvalue weighted by Gasteiger charge is -2.01. The van der Waals surface area contributed by atoms with Gasteiger partial charge in [0.15, 0.2) is 6.29 Å². The van der Waals surface area contributed by atoms with Crippen molar-refractivity contribution in [2.75, 3.05) is 0 Å². The van der Waals surface area contributed by atoms with Crippen LogP contribution in [0, 0.1) is 5.82 Å². The normalized spacial score (nSPS) is 10.6. The van der Waals surface area contributed by atoms with Crippen molar-refractivity contribution in [1.82, 2.24) is 14.8 Å².